The van der Waals surface area contributed by atoms with E-state index in [2.05, 4.69) is 187 Å². The number of nitriles is 1. The number of aryl methyl sites for hydroxylation is 3. The number of aliphatic carboxylic acids is 2. The molecule has 0 saturated heterocycles. The minimum absolute atomic E-state index is 0.0683. The summed E-state index contributed by atoms with van der Waals surface area (Å²) in [6, 6.07) is 68.6. The van der Waals surface area contributed by atoms with Crippen molar-refractivity contribution in [2.45, 2.75) is 297 Å². The molecular formula is C119H134N2O12. The Labute approximate surface area is 789 Å². The molecule has 14 nitrogen and oxygen atoms in total. The second kappa shape index (κ2) is 48.3. The van der Waals surface area contributed by atoms with E-state index in [0.29, 0.717) is 102 Å². The van der Waals surface area contributed by atoms with E-state index in [4.69, 9.17) is 11.3 Å². The molecular weight excluding hydrogens is 1650 g/mol. The third-order valence-electron chi connectivity index (χ3n) is 27.6. The molecule has 10 aromatic carbocycles. The van der Waals surface area contributed by atoms with E-state index >= 15 is 0 Å². The number of Topliss-reactive ketones (excluding diaryl/α,β-unsaturated/α-hetero) is 6. The number of carbonyl (C=O) groups excluding carboxylic acids is 7. The Hall–Kier alpha value is -12.4. The van der Waals surface area contributed by atoms with Crippen molar-refractivity contribution in [3.63, 3.8) is 0 Å². The molecule has 692 valence electrons. The van der Waals surface area contributed by atoms with Crippen LogP contribution in [0.3, 0.4) is 0 Å². The van der Waals surface area contributed by atoms with Gasteiger partial charge in [-0.1, -0.05) is 279 Å². The van der Waals surface area contributed by atoms with Gasteiger partial charge in [0, 0.05) is 115 Å². The fraction of sp³-hybridized carbons (Fsp3) is 0.403. The van der Waals surface area contributed by atoms with Crippen molar-refractivity contribution in [1.82, 2.24) is 0 Å². The molecule has 0 spiro atoms. The molecule has 0 heterocycles. The molecule has 0 saturated carbocycles. The third-order valence-corrected chi connectivity index (χ3v) is 27.6. The van der Waals surface area contributed by atoms with Gasteiger partial charge in [0.05, 0.1) is 12.7 Å². The molecule has 0 aromatic heterocycles. The van der Waals surface area contributed by atoms with Crippen LogP contribution in [-0.4, -0.2) is 76.0 Å². The summed E-state index contributed by atoms with van der Waals surface area (Å²) in [6.07, 6.45) is 24.3. The zero-order chi connectivity index (χ0) is 95.4. The fourth-order valence-electron chi connectivity index (χ4n) is 20.5. The summed E-state index contributed by atoms with van der Waals surface area (Å²) < 4.78 is 5.23. The first-order chi connectivity index (χ1) is 64.2. The minimum atomic E-state index is -0.913. The second-order valence-electron chi connectivity index (χ2n) is 37.1. The van der Waals surface area contributed by atoms with Gasteiger partial charge in [-0.15, -0.1) is 0 Å². The molecule has 0 fully saturated rings. The van der Waals surface area contributed by atoms with Crippen LogP contribution in [-0.2, 0) is 53.0 Å². The topological polar surface area (TPSA) is 231 Å². The van der Waals surface area contributed by atoms with E-state index in [1.807, 2.05) is 80.6 Å². The lowest BCUT2D eigenvalue weighted by molar-refractivity contribution is -0.143. The highest BCUT2D eigenvalue weighted by Crippen LogP contribution is 2.58. The van der Waals surface area contributed by atoms with Gasteiger partial charge in [0.25, 0.3) is 0 Å². The molecule has 0 aliphatic heterocycles. The standard InChI is InChI=1S/C29H36O4.C26H28N2O.C26H30O5.C25H30O2.C13H10/c1-5-7-8-9-27(31)22-11-13-24-23-12-10-20(3)18-25(23)29(26(24)19-22,16-14-21(4)30)17-15-28(32)33-6-2;1-4-5-6-8-25(29)20-10-12-22-21-11-9-19(2)17-23(21)26(13-7-15-27,14-16-28-3)24(22)18-20;1-3-4-5-6-23(27)18-8-10-20-19-9-7-17(2)15-21(19)26(22(20)16-18,13-11-24(28)29)14-12-25(30)31;1-3-5-7-9-24(26)18-11-13-22-20(15-18)17-21-16-19(12-14-23(21)22)25(27)10-8-6-4-2;1-3-7-12-10(5-1)9-11-6-2-4-8-13(11)12/h10-13,18-19H,5-9,14-17H2,1-4H3;9-12,17-18H,4-8,13-14,16H2,1-2H3;7-10,15-16H,3-6,11-14H2,1-2H3,(H,28,29)(H,30,31);11-16H,3-10,17H2,1-2H3;1-8H,9H2. The lowest BCUT2D eigenvalue weighted by Crippen LogP contribution is -2.28. The Morgan fingerprint density at radius 3 is 0.940 bits per heavy atom. The molecule has 2 unspecified atom stereocenters. The summed E-state index contributed by atoms with van der Waals surface area (Å²) in [5.74, 6) is -1.02. The highest BCUT2D eigenvalue weighted by molar-refractivity contribution is 6.02. The molecule has 0 radical (unpaired) electrons. The molecule has 2 atom stereocenters. The van der Waals surface area contributed by atoms with E-state index in [9.17, 15) is 58.6 Å². The van der Waals surface area contributed by atoms with Gasteiger partial charge in [-0.25, -0.2) is 6.57 Å². The predicted octanol–water partition coefficient (Wildman–Crippen LogP) is 29.2. The summed E-state index contributed by atoms with van der Waals surface area (Å²) >= 11 is 0. The van der Waals surface area contributed by atoms with Crippen LogP contribution in [0.1, 0.15) is 372 Å². The SMILES string of the molecule is CCCCCC(=O)c1ccc2c(c1)C(CCC(=O)O)(CCC(=O)O)c1cc(C)ccc1-2.CCCCCC(=O)c1ccc2c(c1)C(CCC(C)=O)(CCC(=O)OCC)c1cc(C)ccc1-2.CCCCCC(=O)c1ccc2c(c1)Cc1cc(C(=O)CCCCC)ccc1-2.[C-]#[N+]CCC1(CCC#N)c2cc(C)ccc2-c2ccc(C(=O)CCCCC)cc21.c1ccc2c(c1)Cc1ccccc1-2. The third kappa shape index (κ3) is 24.5. The van der Waals surface area contributed by atoms with Crippen LogP contribution >= 0.6 is 0 Å². The van der Waals surface area contributed by atoms with Crippen molar-refractivity contribution in [2.75, 3.05) is 13.2 Å². The van der Waals surface area contributed by atoms with Crippen LogP contribution < -0.4 is 0 Å². The molecule has 10 aromatic rings. The van der Waals surface area contributed by atoms with Crippen molar-refractivity contribution >= 4 is 52.6 Å². The summed E-state index contributed by atoms with van der Waals surface area (Å²) in [4.78, 5) is 114. The van der Waals surface area contributed by atoms with Crippen LogP contribution in [0.4, 0.5) is 0 Å². The van der Waals surface area contributed by atoms with Gasteiger partial charge in [0.1, 0.15) is 5.78 Å². The van der Waals surface area contributed by atoms with Crippen LogP contribution in [0.2, 0.25) is 0 Å². The van der Waals surface area contributed by atoms with Crippen LogP contribution in [0.25, 0.3) is 60.5 Å². The van der Waals surface area contributed by atoms with Gasteiger partial charge in [0.15, 0.2) is 28.9 Å². The summed E-state index contributed by atoms with van der Waals surface area (Å²) in [6.45, 7) is 28.3. The van der Waals surface area contributed by atoms with Crippen molar-refractivity contribution in [3.8, 4) is 61.7 Å². The molecule has 5 aliphatic carbocycles. The van der Waals surface area contributed by atoms with Gasteiger partial charge in [-0.3, -0.25) is 38.4 Å². The number of nitrogens with zero attached hydrogens (tertiary/aromatic N) is 2. The monoisotopic (exact) mass is 1780 g/mol. The fourth-order valence-corrected chi connectivity index (χ4v) is 20.5. The number of benzene rings is 10. The van der Waals surface area contributed by atoms with Crippen molar-refractivity contribution in [1.29, 1.82) is 5.26 Å². The average molecular weight is 1780 g/mol. The quantitative estimate of drug-likeness (QED) is 0.0157. The summed E-state index contributed by atoms with van der Waals surface area (Å²) in [5.41, 5.74) is 29.1. The number of ether oxygens (including phenoxy) is 1. The summed E-state index contributed by atoms with van der Waals surface area (Å²) in [5, 5.41) is 28.1. The Bertz CT molecular complexity index is 5830. The van der Waals surface area contributed by atoms with Crippen LogP contribution in [0.5, 0.6) is 0 Å². The average Bonchev–Trinajstić information content (AvgIpc) is 1.57. The molecule has 14 heteroatoms. The normalized spacial score (nSPS) is 14.4. The molecule has 0 amide bonds. The molecule has 15 rings (SSSR count). The van der Waals surface area contributed by atoms with Crippen molar-refractivity contribution < 1.29 is 58.1 Å². The van der Waals surface area contributed by atoms with E-state index in [1.165, 1.54) is 61.2 Å². The van der Waals surface area contributed by atoms with Gasteiger partial charge < -0.3 is 24.6 Å². The van der Waals surface area contributed by atoms with E-state index in [1.54, 1.807) is 6.92 Å². The van der Waals surface area contributed by atoms with Gasteiger partial charge >= 0.3 is 17.9 Å². The van der Waals surface area contributed by atoms with Crippen LogP contribution in [0.15, 0.2) is 194 Å². The highest BCUT2D eigenvalue weighted by Gasteiger charge is 2.47. The molecule has 5 aliphatic rings. The lowest BCUT2D eigenvalue weighted by Gasteiger charge is -2.32. The van der Waals surface area contributed by atoms with Crippen molar-refractivity contribution in [2.24, 2.45) is 0 Å². The number of carboxylic acids is 2. The Morgan fingerprint density at radius 1 is 0.338 bits per heavy atom. The number of ketones is 6. The van der Waals surface area contributed by atoms with Crippen molar-refractivity contribution in [3.05, 3.63) is 306 Å². The number of carboxylic acid groups (broad SMARTS) is 2. The van der Waals surface area contributed by atoms with Gasteiger partial charge in [-0.2, -0.15) is 5.26 Å². The number of carbonyl (C=O) groups is 9. The Balaban J connectivity index is 0.000000163. The number of rotatable bonds is 42. The minimum Gasteiger partial charge on any atom is -0.481 e. The highest BCUT2D eigenvalue weighted by atomic mass is 16.5. The first kappa shape index (κ1) is 101. The van der Waals surface area contributed by atoms with Gasteiger partial charge in [0.2, 0.25) is 6.54 Å². The lowest BCUT2D eigenvalue weighted by atomic mass is 9.70. The van der Waals surface area contributed by atoms with E-state index < -0.39 is 22.8 Å². The number of hydrogen-bond donors (Lipinski definition) is 2. The largest absolute Gasteiger partial charge is 0.481 e. The van der Waals surface area contributed by atoms with E-state index in [-0.39, 0.29) is 65.3 Å². The number of fused-ring (bicyclic) bond motifs is 15. The predicted molar refractivity (Wildman–Crippen MR) is 534 cm³/mol. The van der Waals surface area contributed by atoms with E-state index in [0.717, 1.165) is 198 Å². The first-order valence-electron chi connectivity index (χ1n) is 48.9. The Kier molecular flexibility index (Phi) is 36.7. The second-order valence-corrected chi connectivity index (χ2v) is 37.1. The molecule has 133 heavy (non-hydrogen) atoms. The molecule has 0 bridgehead atoms. The smallest absolute Gasteiger partial charge is 0.305 e. The number of esters is 1. The summed E-state index contributed by atoms with van der Waals surface area (Å²) in [7, 11) is 0. The maximum Gasteiger partial charge on any atom is 0.305 e. The zero-order valence-corrected chi connectivity index (χ0v) is 80.1. The maximum atomic E-state index is 12.9. The maximum absolute atomic E-state index is 12.9. The number of unbranched alkanes of at least 4 members (excludes halogenated alkanes) is 10. The Morgan fingerprint density at radius 2 is 0.624 bits per heavy atom. The number of hydrogen-bond acceptors (Lipinski definition) is 11. The van der Waals surface area contributed by atoms with Crippen LogP contribution in [0, 0.1) is 38.7 Å². The first-order valence-corrected chi connectivity index (χ1v) is 48.9. The molecule has 2 N–H and O–H groups in total. The van der Waals surface area contributed by atoms with Gasteiger partial charge in [-0.05, 0) is 253 Å². The zero-order valence-electron chi connectivity index (χ0n) is 80.1.